The molecule has 3 aliphatic rings. The molecule has 2 N–H and O–H groups in total. The number of ether oxygens (including phenoxy) is 3. The highest BCUT2D eigenvalue weighted by atomic mass is 19.1. The zero-order valence-corrected chi connectivity index (χ0v) is 30.3. The van der Waals surface area contributed by atoms with E-state index in [0.717, 1.165) is 45.2 Å². The highest BCUT2D eigenvalue weighted by Gasteiger charge is 2.49. The second kappa shape index (κ2) is 13.7. The molecule has 274 valence electrons. The Bertz CT molecular complexity index is 1940. The van der Waals surface area contributed by atoms with Crippen LogP contribution in [-0.2, 0) is 15.9 Å². The van der Waals surface area contributed by atoms with Crippen molar-refractivity contribution in [2.75, 3.05) is 58.0 Å². The van der Waals surface area contributed by atoms with Crippen LogP contribution < -0.4 is 9.64 Å². The van der Waals surface area contributed by atoms with E-state index in [2.05, 4.69) is 28.7 Å². The Morgan fingerprint density at radius 3 is 2.71 bits per heavy atom. The third kappa shape index (κ3) is 6.83. The first-order valence-electron chi connectivity index (χ1n) is 18.1. The number of fused-ring (bicyclic) bond motifs is 3. The molecule has 51 heavy (non-hydrogen) atoms. The summed E-state index contributed by atoms with van der Waals surface area (Å²) in [7, 11) is 1.75. The minimum absolute atomic E-state index is 0.0108. The van der Waals surface area contributed by atoms with E-state index in [1.54, 1.807) is 20.1 Å². The standard InChI is InChI=1S/C39H49F2N5O5/c1-6-26-29(40)11-10-24-17-25(47)18-27(31(24)26)33-32(41)34-28(19-42-33)35(46-15-16-50-22-38(4,48)21-46)44-36(43-34)51-23-39-12-7-9-30(39)45(14-8-13-39)20-37(2,3)49-5/h10-11,17-19,30,47-48H,6-9,12-16,20-23H2,1-5H3/t30?,38-,39+/m0/s1. The maximum atomic E-state index is 17.1. The van der Waals surface area contributed by atoms with E-state index >= 15 is 8.78 Å². The van der Waals surface area contributed by atoms with Crippen LogP contribution in [0.5, 0.6) is 11.8 Å². The molecule has 12 heteroatoms. The molecular weight excluding hydrogens is 656 g/mol. The van der Waals surface area contributed by atoms with E-state index in [9.17, 15) is 10.2 Å². The zero-order chi connectivity index (χ0) is 36.1. The van der Waals surface area contributed by atoms with Crippen molar-refractivity contribution >= 4 is 27.5 Å². The number of likely N-dealkylation sites (tertiary alicyclic amines) is 1. The van der Waals surface area contributed by atoms with Gasteiger partial charge in [0, 0.05) is 43.4 Å². The molecule has 3 fully saturated rings. The number of rotatable bonds is 9. The van der Waals surface area contributed by atoms with E-state index in [4.69, 9.17) is 19.2 Å². The van der Waals surface area contributed by atoms with Crippen molar-refractivity contribution in [2.24, 2.45) is 5.41 Å². The topological polar surface area (TPSA) is 113 Å². The lowest BCUT2D eigenvalue weighted by Gasteiger charge is -2.48. The number of aromatic hydroxyl groups is 1. The molecule has 3 atom stereocenters. The van der Waals surface area contributed by atoms with Crippen LogP contribution in [0, 0.1) is 17.0 Å². The zero-order valence-electron chi connectivity index (χ0n) is 30.3. The van der Waals surface area contributed by atoms with Crippen molar-refractivity contribution in [2.45, 2.75) is 83.5 Å². The number of aliphatic hydroxyl groups is 1. The molecular formula is C39H49F2N5O5. The SMILES string of the molecule is CCc1c(F)ccc2cc(O)cc(-c3ncc4c(N5CCOC[C@@](C)(O)C5)nc(OC[C@]56CCCC5N(CC(C)(C)OC)CCC6)nc4c3F)c12. The number of phenols is 1. The van der Waals surface area contributed by atoms with Crippen molar-refractivity contribution in [3.8, 4) is 23.0 Å². The van der Waals surface area contributed by atoms with Crippen molar-refractivity contribution in [3.05, 3.63) is 47.7 Å². The lowest BCUT2D eigenvalue weighted by atomic mass is 9.75. The summed E-state index contributed by atoms with van der Waals surface area (Å²) in [5.41, 5.74) is -0.975. The highest BCUT2D eigenvalue weighted by Crippen LogP contribution is 2.48. The molecule has 0 radical (unpaired) electrons. The largest absolute Gasteiger partial charge is 0.508 e. The number of nitrogens with zero attached hydrogens (tertiary/aromatic N) is 5. The number of phenolic OH excluding ortho intramolecular Hbond substituents is 1. The van der Waals surface area contributed by atoms with Gasteiger partial charge in [0.05, 0.1) is 37.4 Å². The number of anilines is 1. The Labute approximate surface area is 297 Å². The third-order valence-corrected chi connectivity index (χ3v) is 11.2. The summed E-state index contributed by atoms with van der Waals surface area (Å²) >= 11 is 0. The Hall–Kier alpha value is -3.71. The van der Waals surface area contributed by atoms with Gasteiger partial charge in [-0.3, -0.25) is 9.88 Å². The number of hydrogen-bond donors (Lipinski definition) is 2. The van der Waals surface area contributed by atoms with E-state index in [0.29, 0.717) is 59.8 Å². The van der Waals surface area contributed by atoms with E-state index in [-0.39, 0.29) is 52.7 Å². The normalized spacial score (nSPS) is 24.6. The summed E-state index contributed by atoms with van der Waals surface area (Å²) in [6.07, 6.45) is 7.09. The van der Waals surface area contributed by atoms with Gasteiger partial charge < -0.3 is 29.3 Å². The van der Waals surface area contributed by atoms with Gasteiger partial charge in [-0.25, -0.2) is 8.78 Å². The molecule has 0 amide bonds. The molecule has 1 saturated carbocycles. The van der Waals surface area contributed by atoms with Crippen LogP contribution in [0.2, 0.25) is 0 Å². The smallest absolute Gasteiger partial charge is 0.319 e. The molecule has 4 heterocycles. The lowest BCUT2D eigenvalue weighted by Crippen LogP contribution is -2.55. The van der Waals surface area contributed by atoms with Crippen molar-refractivity contribution in [1.82, 2.24) is 19.9 Å². The van der Waals surface area contributed by atoms with Crippen molar-refractivity contribution in [1.29, 1.82) is 0 Å². The number of aryl methyl sites for hydroxylation is 1. The van der Waals surface area contributed by atoms with E-state index in [1.165, 1.54) is 24.4 Å². The van der Waals surface area contributed by atoms with Gasteiger partial charge in [0.25, 0.3) is 0 Å². The second-order valence-corrected chi connectivity index (χ2v) is 15.6. The fourth-order valence-corrected chi connectivity index (χ4v) is 8.69. The molecule has 10 nitrogen and oxygen atoms in total. The average molecular weight is 706 g/mol. The van der Waals surface area contributed by atoms with Crippen LogP contribution in [0.3, 0.4) is 0 Å². The first-order chi connectivity index (χ1) is 24.3. The maximum absolute atomic E-state index is 17.1. The van der Waals surface area contributed by atoms with Crippen LogP contribution in [-0.4, -0.2) is 100 Å². The number of methoxy groups -OCH3 is 1. The van der Waals surface area contributed by atoms with E-state index < -0.39 is 17.2 Å². The number of benzene rings is 2. The van der Waals surface area contributed by atoms with Crippen LogP contribution in [0.25, 0.3) is 32.9 Å². The number of piperidine rings is 1. The Balaban J connectivity index is 1.33. The maximum Gasteiger partial charge on any atom is 0.319 e. The molecule has 2 aromatic carbocycles. The average Bonchev–Trinajstić information content (AvgIpc) is 3.45. The molecule has 2 saturated heterocycles. The molecule has 2 aliphatic heterocycles. The van der Waals surface area contributed by atoms with Crippen LogP contribution >= 0.6 is 0 Å². The number of halogens is 2. The van der Waals surface area contributed by atoms with Crippen LogP contribution in [0.1, 0.15) is 65.4 Å². The minimum atomic E-state index is -1.18. The van der Waals surface area contributed by atoms with Gasteiger partial charge in [-0.1, -0.05) is 19.4 Å². The fraction of sp³-hybridized carbons (Fsp3) is 0.564. The van der Waals surface area contributed by atoms with Gasteiger partial charge in [-0.2, -0.15) is 9.97 Å². The second-order valence-electron chi connectivity index (χ2n) is 15.6. The molecule has 0 spiro atoms. The number of pyridine rings is 1. The summed E-state index contributed by atoms with van der Waals surface area (Å²) in [4.78, 5) is 18.5. The van der Waals surface area contributed by atoms with Gasteiger partial charge in [-0.15, -0.1) is 0 Å². The van der Waals surface area contributed by atoms with Crippen LogP contribution in [0.15, 0.2) is 30.5 Å². The number of β-amino-alcohol motifs (C(OH)–C–C–N with tert-alkyl or cyclic N) is 1. The predicted molar refractivity (Wildman–Crippen MR) is 192 cm³/mol. The summed E-state index contributed by atoms with van der Waals surface area (Å²) < 4.78 is 50.2. The monoisotopic (exact) mass is 705 g/mol. The van der Waals surface area contributed by atoms with Gasteiger partial charge >= 0.3 is 6.01 Å². The minimum Gasteiger partial charge on any atom is -0.508 e. The summed E-state index contributed by atoms with van der Waals surface area (Å²) in [6, 6.07) is 6.24. The molecule has 4 aromatic rings. The quantitative estimate of drug-likeness (QED) is 0.202. The first kappa shape index (κ1) is 35.7. The third-order valence-electron chi connectivity index (χ3n) is 11.2. The number of aromatic nitrogens is 3. The summed E-state index contributed by atoms with van der Waals surface area (Å²) in [5.74, 6) is -0.857. The van der Waals surface area contributed by atoms with Gasteiger partial charge in [0.2, 0.25) is 0 Å². The first-order valence-corrected chi connectivity index (χ1v) is 18.1. The van der Waals surface area contributed by atoms with Crippen molar-refractivity contribution in [3.63, 3.8) is 0 Å². The highest BCUT2D eigenvalue weighted by molar-refractivity contribution is 6.01. The van der Waals surface area contributed by atoms with Crippen molar-refractivity contribution < 1.29 is 33.2 Å². The van der Waals surface area contributed by atoms with Gasteiger partial charge in [0.15, 0.2) is 5.82 Å². The summed E-state index contributed by atoms with van der Waals surface area (Å²) in [6.45, 7) is 11.0. The van der Waals surface area contributed by atoms with Gasteiger partial charge in [0.1, 0.15) is 34.2 Å². The molecule has 1 aliphatic carbocycles. The Morgan fingerprint density at radius 2 is 1.92 bits per heavy atom. The van der Waals surface area contributed by atoms with Crippen LogP contribution in [0.4, 0.5) is 14.6 Å². The predicted octanol–water partition coefficient (Wildman–Crippen LogP) is 6.42. The molecule has 0 bridgehead atoms. The fourth-order valence-electron chi connectivity index (χ4n) is 8.69. The van der Waals surface area contributed by atoms with Gasteiger partial charge in [-0.05, 0) is 94.0 Å². The molecule has 7 rings (SSSR count). The number of hydrogen-bond acceptors (Lipinski definition) is 10. The lowest BCUT2D eigenvalue weighted by molar-refractivity contribution is -0.0592. The van der Waals surface area contributed by atoms with E-state index in [1.807, 2.05) is 11.8 Å². The Kier molecular flexibility index (Phi) is 9.58. The molecule has 2 aromatic heterocycles. The Morgan fingerprint density at radius 1 is 1.12 bits per heavy atom. The molecule has 1 unspecified atom stereocenters. The summed E-state index contributed by atoms with van der Waals surface area (Å²) in [5, 5.41) is 23.1.